The van der Waals surface area contributed by atoms with Crippen molar-refractivity contribution in [1.29, 1.82) is 0 Å². The van der Waals surface area contributed by atoms with Gasteiger partial charge in [0.15, 0.2) is 0 Å². The summed E-state index contributed by atoms with van der Waals surface area (Å²) in [6, 6.07) is 7.64. The minimum Gasteiger partial charge on any atom is -0.494 e. The maximum atomic E-state index is 5.62. The summed E-state index contributed by atoms with van der Waals surface area (Å²) in [5.74, 6) is 1.69. The van der Waals surface area contributed by atoms with E-state index in [0.717, 1.165) is 24.5 Å². The van der Waals surface area contributed by atoms with Gasteiger partial charge in [-0.2, -0.15) is 5.10 Å². The Bertz CT molecular complexity index is 494. The molecule has 0 aliphatic carbocycles. The van der Waals surface area contributed by atoms with Crippen LogP contribution < -0.4 is 15.2 Å². The third-order valence-corrected chi connectivity index (χ3v) is 2.54. The molecule has 0 amide bonds. The van der Waals surface area contributed by atoms with Crippen molar-refractivity contribution in [3.05, 3.63) is 36.7 Å². The van der Waals surface area contributed by atoms with Gasteiger partial charge >= 0.3 is 0 Å². The van der Waals surface area contributed by atoms with E-state index in [9.17, 15) is 0 Å². The molecular weight excluding hydrogens is 242 g/mol. The predicted molar refractivity (Wildman–Crippen MR) is 74.4 cm³/mol. The normalized spacial score (nSPS) is 10.4. The molecule has 0 saturated carbocycles. The summed E-state index contributed by atoms with van der Waals surface area (Å²) in [6.07, 6.45) is 4.41. The van der Waals surface area contributed by atoms with Crippen molar-refractivity contribution in [1.82, 2.24) is 9.78 Å². The second kappa shape index (κ2) is 6.68. The number of aromatic nitrogens is 2. The highest BCUT2D eigenvalue weighted by molar-refractivity contribution is 5.31. The third kappa shape index (κ3) is 4.21. The monoisotopic (exact) mass is 261 g/mol. The first kappa shape index (κ1) is 13.3. The number of hydrogen-bond acceptors (Lipinski definition) is 4. The SMILES string of the molecule is CCCOc1ccc(OCCn2cc(N)cn2)cc1. The lowest BCUT2D eigenvalue weighted by Crippen LogP contribution is -2.08. The van der Waals surface area contributed by atoms with Gasteiger partial charge in [-0.15, -0.1) is 0 Å². The first-order valence-corrected chi connectivity index (χ1v) is 6.41. The van der Waals surface area contributed by atoms with Gasteiger partial charge in [0.2, 0.25) is 0 Å². The molecule has 0 fully saturated rings. The number of ether oxygens (including phenoxy) is 2. The highest BCUT2D eigenvalue weighted by atomic mass is 16.5. The van der Waals surface area contributed by atoms with Crippen LogP contribution in [0.3, 0.4) is 0 Å². The number of anilines is 1. The average molecular weight is 261 g/mol. The Morgan fingerprint density at radius 1 is 1.11 bits per heavy atom. The van der Waals surface area contributed by atoms with Crippen molar-refractivity contribution in [3.8, 4) is 11.5 Å². The number of nitrogen functional groups attached to an aromatic ring is 1. The van der Waals surface area contributed by atoms with E-state index in [4.69, 9.17) is 15.2 Å². The lowest BCUT2D eigenvalue weighted by Gasteiger charge is -2.08. The van der Waals surface area contributed by atoms with Gasteiger partial charge in [-0.25, -0.2) is 0 Å². The van der Waals surface area contributed by atoms with E-state index in [1.54, 1.807) is 17.1 Å². The van der Waals surface area contributed by atoms with Gasteiger partial charge in [-0.1, -0.05) is 6.92 Å². The van der Waals surface area contributed by atoms with Crippen LogP contribution in [0.25, 0.3) is 0 Å². The smallest absolute Gasteiger partial charge is 0.119 e. The third-order valence-electron chi connectivity index (χ3n) is 2.54. The first-order valence-electron chi connectivity index (χ1n) is 6.41. The second-order valence-electron chi connectivity index (χ2n) is 4.21. The standard InChI is InChI=1S/C14H19N3O2/c1-2-8-18-13-3-5-14(6-4-13)19-9-7-17-11-12(15)10-16-17/h3-6,10-11H,2,7-9,15H2,1H3. The van der Waals surface area contributed by atoms with Gasteiger partial charge in [-0.3, -0.25) is 4.68 Å². The van der Waals surface area contributed by atoms with Crippen molar-refractivity contribution in [2.75, 3.05) is 18.9 Å². The number of benzene rings is 1. The maximum Gasteiger partial charge on any atom is 0.119 e. The Hall–Kier alpha value is -2.17. The Labute approximate surface area is 112 Å². The van der Waals surface area contributed by atoms with Gasteiger partial charge in [0.1, 0.15) is 18.1 Å². The Balaban J connectivity index is 1.76. The molecule has 2 N–H and O–H groups in total. The van der Waals surface area contributed by atoms with E-state index >= 15 is 0 Å². The van der Waals surface area contributed by atoms with E-state index in [-0.39, 0.29) is 0 Å². The minimum absolute atomic E-state index is 0.552. The molecule has 0 aliphatic rings. The predicted octanol–water partition coefficient (Wildman–Crippen LogP) is 2.33. The van der Waals surface area contributed by atoms with Gasteiger partial charge in [0.05, 0.1) is 25.0 Å². The molecule has 1 aromatic carbocycles. The molecule has 0 aliphatic heterocycles. The van der Waals surface area contributed by atoms with Crippen molar-refractivity contribution in [2.45, 2.75) is 19.9 Å². The molecule has 2 rings (SSSR count). The molecular formula is C14H19N3O2. The van der Waals surface area contributed by atoms with E-state index < -0.39 is 0 Å². The fourth-order valence-electron chi connectivity index (χ4n) is 1.61. The molecule has 0 atom stereocenters. The van der Waals surface area contributed by atoms with Crippen LogP contribution >= 0.6 is 0 Å². The Morgan fingerprint density at radius 2 is 1.74 bits per heavy atom. The van der Waals surface area contributed by atoms with E-state index in [1.807, 2.05) is 24.3 Å². The van der Waals surface area contributed by atoms with Crippen LogP contribution in [0.5, 0.6) is 11.5 Å². The maximum absolute atomic E-state index is 5.62. The van der Waals surface area contributed by atoms with Crippen LogP contribution in [0.15, 0.2) is 36.7 Å². The fraction of sp³-hybridized carbons (Fsp3) is 0.357. The summed E-state index contributed by atoms with van der Waals surface area (Å²) in [4.78, 5) is 0. The van der Waals surface area contributed by atoms with Crippen LogP contribution in [0.4, 0.5) is 5.69 Å². The summed E-state index contributed by atoms with van der Waals surface area (Å²) >= 11 is 0. The summed E-state index contributed by atoms with van der Waals surface area (Å²) in [5.41, 5.74) is 6.24. The molecule has 2 aromatic rings. The molecule has 1 heterocycles. The number of rotatable bonds is 7. The summed E-state index contributed by atoms with van der Waals surface area (Å²) in [6.45, 7) is 4.04. The number of hydrogen-bond donors (Lipinski definition) is 1. The molecule has 1 aromatic heterocycles. The van der Waals surface area contributed by atoms with Crippen molar-refractivity contribution in [2.24, 2.45) is 0 Å². The number of nitrogens with zero attached hydrogens (tertiary/aromatic N) is 2. The highest BCUT2D eigenvalue weighted by Crippen LogP contribution is 2.17. The molecule has 19 heavy (non-hydrogen) atoms. The van der Waals surface area contributed by atoms with E-state index in [0.29, 0.717) is 18.8 Å². The summed E-state index contributed by atoms with van der Waals surface area (Å²) in [5, 5.41) is 4.09. The molecule has 0 unspecified atom stereocenters. The van der Waals surface area contributed by atoms with Gasteiger partial charge in [0, 0.05) is 6.20 Å². The van der Waals surface area contributed by atoms with Crippen LogP contribution in [0.2, 0.25) is 0 Å². The Kier molecular flexibility index (Phi) is 4.66. The van der Waals surface area contributed by atoms with Crippen LogP contribution in [-0.2, 0) is 6.54 Å². The van der Waals surface area contributed by atoms with E-state index in [2.05, 4.69) is 12.0 Å². The molecule has 0 saturated heterocycles. The zero-order valence-corrected chi connectivity index (χ0v) is 11.1. The fourth-order valence-corrected chi connectivity index (χ4v) is 1.61. The molecule has 5 heteroatoms. The second-order valence-corrected chi connectivity index (χ2v) is 4.21. The topological polar surface area (TPSA) is 62.3 Å². The quantitative estimate of drug-likeness (QED) is 0.831. The van der Waals surface area contributed by atoms with Crippen LogP contribution in [0, 0.1) is 0 Å². The molecule has 102 valence electrons. The lowest BCUT2D eigenvalue weighted by molar-refractivity contribution is 0.289. The van der Waals surface area contributed by atoms with Gasteiger partial charge < -0.3 is 15.2 Å². The highest BCUT2D eigenvalue weighted by Gasteiger charge is 1.98. The Morgan fingerprint density at radius 3 is 2.26 bits per heavy atom. The van der Waals surface area contributed by atoms with Gasteiger partial charge in [-0.05, 0) is 30.7 Å². The number of nitrogens with two attached hydrogens (primary N) is 1. The lowest BCUT2D eigenvalue weighted by atomic mass is 10.3. The van der Waals surface area contributed by atoms with Crippen LogP contribution in [-0.4, -0.2) is 23.0 Å². The van der Waals surface area contributed by atoms with Crippen molar-refractivity contribution in [3.63, 3.8) is 0 Å². The van der Waals surface area contributed by atoms with Crippen molar-refractivity contribution >= 4 is 5.69 Å². The summed E-state index contributed by atoms with van der Waals surface area (Å²) in [7, 11) is 0. The van der Waals surface area contributed by atoms with E-state index in [1.165, 1.54) is 0 Å². The zero-order chi connectivity index (χ0) is 13.5. The first-order chi connectivity index (χ1) is 9.28. The molecule has 5 nitrogen and oxygen atoms in total. The van der Waals surface area contributed by atoms with Crippen molar-refractivity contribution < 1.29 is 9.47 Å². The van der Waals surface area contributed by atoms with Crippen LogP contribution in [0.1, 0.15) is 13.3 Å². The minimum atomic E-state index is 0.552. The largest absolute Gasteiger partial charge is 0.494 e. The zero-order valence-electron chi connectivity index (χ0n) is 11.1. The molecule has 0 radical (unpaired) electrons. The van der Waals surface area contributed by atoms with Gasteiger partial charge in [0.25, 0.3) is 0 Å². The molecule has 0 bridgehead atoms. The summed E-state index contributed by atoms with van der Waals surface area (Å²) < 4.78 is 12.9. The molecule has 0 spiro atoms. The average Bonchev–Trinajstić information content (AvgIpc) is 2.84.